The van der Waals surface area contributed by atoms with Gasteiger partial charge in [-0.1, -0.05) is 6.92 Å². The van der Waals surface area contributed by atoms with Crippen molar-refractivity contribution in [3.8, 4) is 11.3 Å². The fourth-order valence-corrected chi connectivity index (χ4v) is 1.89. The highest BCUT2D eigenvalue weighted by Gasteiger charge is 2.13. The average Bonchev–Trinajstić information content (AvgIpc) is 2.88. The van der Waals surface area contributed by atoms with E-state index in [0.29, 0.717) is 18.1 Å². The molecule has 0 amide bonds. The zero-order valence-electron chi connectivity index (χ0n) is 11.5. The predicted octanol–water partition coefficient (Wildman–Crippen LogP) is 2.70. The van der Waals surface area contributed by atoms with E-state index >= 15 is 0 Å². The first-order chi connectivity index (χ1) is 9.63. The summed E-state index contributed by atoms with van der Waals surface area (Å²) < 4.78 is 1.81. The van der Waals surface area contributed by atoms with Gasteiger partial charge < -0.3 is 5.32 Å². The molecule has 7 heteroatoms. The zero-order valence-corrected chi connectivity index (χ0v) is 11.5. The van der Waals surface area contributed by atoms with Gasteiger partial charge in [0.05, 0.1) is 22.9 Å². The molecule has 2 heterocycles. The van der Waals surface area contributed by atoms with E-state index in [1.807, 2.05) is 17.8 Å². The molecule has 0 aliphatic rings. The van der Waals surface area contributed by atoms with Gasteiger partial charge in [0.25, 0.3) is 5.69 Å². The molecular formula is C13H17N5O2. The van der Waals surface area contributed by atoms with Crippen LogP contribution in [0.5, 0.6) is 0 Å². The average molecular weight is 275 g/mol. The normalized spacial score (nSPS) is 10.5. The van der Waals surface area contributed by atoms with Gasteiger partial charge in [0.2, 0.25) is 0 Å². The Morgan fingerprint density at radius 2 is 2.20 bits per heavy atom. The maximum atomic E-state index is 11.0. The SMILES string of the molecule is CCCn1cc(-c2cc([N+](=O)[O-])cc(NCC)n2)cn1. The lowest BCUT2D eigenvalue weighted by molar-refractivity contribution is -0.384. The van der Waals surface area contributed by atoms with Crippen LogP contribution in [0.4, 0.5) is 11.5 Å². The molecule has 0 radical (unpaired) electrons. The maximum absolute atomic E-state index is 11.0. The van der Waals surface area contributed by atoms with Crippen LogP contribution in [-0.4, -0.2) is 26.2 Å². The molecule has 2 aromatic rings. The molecule has 0 aliphatic carbocycles. The minimum atomic E-state index is -0.414. The Morgan fingerprint density at radius 3 is 2.85 bits per heavy atom. The van der Waals surface area contributed by atoms with E-state index in [9.17, 15) is 10.1 Å². The third-order valence-electron chi connectivity index (χ3n) is 2.76. The minimum absolute atomic E-state index is 0.0224. The molecule has 2 rings (SSSR count). The highest BCUT2D eigenvalue weighted by molar-refractivity contribution is 5.64. The summed E-state index contributed by atoms with van der Waals surface area (Å²) in [5, 5.41) is 18.2. The van der Waals surface area contributed by atoms with Crippen molar-refractivity contribution in [2.75, 3.05) is 11.9 Å². The second-order valence-corrected chi connectivity index (χ2v) is 4.38. The Kier molecular flexibility index (Phi) is 4.29. The Balaban J connectivity index is 2.40. The van der Waals surface area contributed by atoms with Gasteiger partial charge in [-0.3, -0.25) is 14.8 Å². The summed E-state index contributed by atoms with van der Waals surface area (Å²) in [6.45, 7) is 5.45. The summed E-state index contributed by atoms with van der Waals surface area (Å²) in [4.78, 5) is 14.9. The summed E-state index contributed by atoms with van der Waals surface area (Å²) in [6, 6.07) is 2.90. The molecule has 20 heavy (non-hydrogen) atoms. The van der Waals surface area contributed by atoms with Crippen LogP contribution in [0.1, 0.15) is 20.3 Å². The van der Waals surface area contributed by atoms with Crippen LogP contribution < -0.4 is 5.32 Å². The fraction of sp³-hybridized carbons (Fsp3) is 0.385. The Hall–Kier alpha value is -2.44. The lowest BCUT2D eigenvalue weighted by Gasteiger charge is -2.04. The number of anilines is 1. The third kappa shape index (κ3) is 3.11. The van der Waals surface area contributed by atoms with Gasteiger partial charge in [-0.15, -0.1) is 0 Å². The van der Waals surface area contributed by atoms with E-state index in [-0.39, 0.29) is 5.69 Å². The molecule has 0 atom stereocenters. The van der Waals surface area contributed by atoms with Gasteiger partial charge in [-0.05, 0) is 13.3 Å². The largest absolute Gasteiger partial charge is 0.370 e. The quantitative estimate of drug-likeness (QED) is 0.647. The topological polar surface area (TPSA) is 85.9 Å². The molecule has 0 saturated carbocycles. The molecule has 106 valence electrons. The van der Waals surface area contributed by atoms with E-state index < -0.39 is 4.92 Å². The van der Waals surface area contributed by atoms with Crippen LogP contribution >= 0.6 is 0 Å². The van der Waals surface area contributed by atoms with Crippen molar-refractivity contribution in [3.05, 3.63) is 34.6 Å². The molecule has 0 fully saturated rings. The number of aromatic nitrogens is 3. The first kappa shape index (κ1) is 14.0. The highest BCUT2D eigenvalue weighted by Crippen LogP contribution is 2.24. The second-order valence-electron chi connectivity index (χ2n) is 4.38. The van der Waals surface area contributed by atoms with Gasteiger partial charge in [-0.2, -0.15) is 5.10 Å². The number of nitro groups is 1. The van der Waals surface area contributed by atoms with Crippen molar-refractivity contribution in [2.24, 2.45) is 0 Å². The van der Waals surface area contributed by atoms with E-state index in [2.05, 4.69) is 22.3 Å². The van der Waals surface area contributed by atoms with Crippen LogP contribution in [-0.2, 0) is 6.54 Å². The molecule has 1 N–H and O–H groups in total. The zero-order chi connectivity index (χ0) is 14.5. The number of aryl methyl sites for hydroxylation is 1. The van der Waals surface area contributed by atoms with Gasteiger partial charge in [0.1, 0.15) is 5.82 Å². The summed E-state index contributed by atoms with van der Waals surface area (Å²) in [5.41, 5.74) is 1.35. The molecule has 2 aromatic heterocycles. The smallest absolute Gasteiger partial charge is 0.275 e. The van der Waals surface area contributed by atoms with E-state index in [4.69, 9.17) is 0 Å². The van der Waals surface area contributed by atoms with E-state index in [1.54, 1.807) is 6.20 Å². The summed E-state index contributed by atoms with van der Waals surface area (Å²) in [5.74, 6) is 0.500. The summed E-state index contributed by atoms with van der Waals surface area (Å²) in [7, 11) is 0. The van der Waals surface area contributed by atoms with Crippen molar-refractivity contribution in [1.82, 2.24) is 14.8 Å². The molecule has 7 nitrogen and oxygen atoms in total. The van der Waals surface area contributed by atoms with Crippen molar-refractivity contribution < 1.29 is 4.92 Å². The molecule has 0 saturated heterocycles. The summed E-state index contributed by atoms with van der Waals surface area (Å²) >= 11 is 0. The minimum Gasteiger partial charge on any atom is -0.370 e. The van der Waals surface area contributed by atoms with E-state index in [1.165, 1.54) is 12.1 Å². The second kappa shape index (κ2) is 6.14. The maximum Gasteiger partial charge on any atom is 0.275 e. The molecule has 0 aliphatic heterocycles. The summed E-state index contributed by atoms with van der Waals surface area (Å²) in [6.07, 6.45) is 4.51. The number of nitrogens with zero attached hydrogens (tertiary/aromatic N) is 4. The Morgan fingerprint density at radius 1 is 1.40 bits per heavy atom. The lowest BCUT2D eigenvalue weighted by atomic mass is 10.2. The molecule has 0 bridgehead atoms. The van der Waals surface area contributed by atoms with Crippen LogP contribution in [0, 0.1) is 10.1 Å². The third-order valence-corrected chi connectivity index (χ3v) is 2.76. The monoisotopic (exact) mass is 275 g/mol. The van der Waals surface area contributed by atoms with Crippen LogP contribution in [0.25, 0.3) is 11.3 Å². The molecule has 0 unspecified atom stereocenters. The van der Waals surface area contributed by atoms with Crippen LogP contribution in [0.15, 0.2) is 24.5 Å². The number of nitrogens with one attached hydrogen (secondary N) is 1. The number of hydrogen-bond donors (Lipinski definition) is 1. The number of hydrogen-bond acceptors (Lipinski definition) is 5. The van der Waals surface area contributed by atoms with Gasteiger partial charge in [0, 0.05) is 30.9 Å². The van der Waals surface area contributed by atoms with Gasteiger partial charge >= 0.3 is 0 Å². The molecule has 0 spiro atoms. The fourth-order valence-electron chi connectivity index (χ4n) is 1.89. The predicted molar refractivity (Wildman–Crippen MR) is 76.6 cm³/mol. The van der Waals surface area contributed by atoms with Crippen molar-refractivity contribution >= 4 is 11.5 Å². The van der Waals surface area contributed by atoms with Crippen LogP contribution in [0.2, 0.25) is 0 Å². The van der Waals surface area contributed by atoms with Gasteiger partial charge in [0.15, 0.2) is 0 Å². The van der Waals surface area contributed by atoms with Crippen molar-refractivity contribution in [2.45, 2.75) is 26.8 Å². The standard InChI is InChI=1S/C13H17N5O2/c1-3-5-17-9-10(8-15-17)12-6-11(18(19)20)7-13(16-12)14-4-2/h6-9H,3-5H2,1-2H3,(H,14,16). The highest BCUT2D eigenvalue weighted by atomic mass is 16.6. The Labute approximate surface area is 116 Å². The van der Waals surface area contributed by atoms with Crippen LogP contribution in [0.3, 0.4) is 0 Å². The van der Waals surface area contributed by atoms with Crippen molar-refractivity contribution in [3.63, 3.8) is 0 Å². The van der Waals surface area contributed by atoms with Gasteiger partial charge in [-0.25, -0.2) is 4.98 Å². The first-order valence-electron chi connectivity index (χ1n) is 6.57. The lowest BCUT2D eigenvalue weighted by Crippen LogP contribution is -2.01. The van der Waals surface area contributed by atoms with Crippen molar-refractivity contribution in [1.29, 1.82) is 0 Å². The molecule has 0 aromatic carbocycles. The molecular weight excluding hydrogens is 258 g/mol. The Bertz CT molecular complexity index is 609. The first-order valence-corrected chi connectivity index (χ1v) is 6.57. The van der Waals surface area contributed by atoms with E-state index in [0.717, 1.165) is 18.5 Å². The number of rotatable bonds is 6. The number of pyridine rings is 1.